The van der Waals surface area contributed by atoms with E-state index in [2.05, 4.69) is 17.6 Å². The maximum absolute atomic E-state index is 11.5. The van der Waals surface area contributed by atoms with Crippen molar-refractivity contribution in [1.82, 2.24) is 10.6 Å². The summed E-state index contributed by atoms with van der Waals surface area (Å²) in [4.78, 5) is 11.5. The molecule has 1 aliphatic carbocycles. The number of carbonyl (C=O) groups is 1. The lowest BCUT2D eigenvalue weighted by Crippen LogP contribution is -2.43. The molecule has 0 aromatic heterocycles. The monoisotopic (exact) mass is 242 g/mol. The maximum atomic E-state index is 11.5. The van der Waals surface area contributed by atoms with Crippen LogP contribution in [0.15, 0.2) is 0 Å². The van der Waals surface area contributed by atoms with Crippen molar-refractivity contribution >= 4 is 5.91 Å². The van der Waals surface area contributed by atoms with Crippen molar-refractivity contribution in [3.63, 3.8) is 0 Å². The molecule has 4 nitrogen and oxygen atoms in total. The van der Waals surface area contributed by atoms with E-state index in [1.165, 1.54) is 19.3 Å². The Bertz CT molecular complexity index is 213. The van der Waals surface area contributed by atoms with E-state index in [0.29, 0.717) is 18.7 Å². The summed E-state index contributed by atoms with van der Waals surface area (Å²) in [6.07, 6.45) is 5.68. The van der Waals surface area contributed by atoms with Gasteiger partial charge < -0.3 is 15.4 Å². The van der Waals surface area contributed by atoms with E-state index in [1.54, 1.807) is 0 Å². The van der Waals surface area contributed by atoms with Crippen LogP contribution in [-0.2, 0) is 9.53 Å². The lowest BCUT2D eigenvalue weighted by Gasteiger charge is -2.29. The van der Waals surface area contributed by atoms with Crippen LogP contribution in [0.2, 0.25) is 0 Å². The van der Waals surface area contributed by atoms with Crippen molar-refractivity contribution in [2.24, 2.45) is 0 Å². The second-order valence-electron chi connectivity index (χ2n) is 4.71. The Hall–Kier alpha value is -0.610. The Kier molecular flexibility index (Phi) is 7.21. The van der Waals surface area contributed by atoms with Gasteiger partial charge in [0.05, 0.1) is 0 Å². The molecule has 0 aromatic rings. The minimum absolute atomic E-state index is 0.0248. The molecule has 4 heteroatoms. The van der Waals surface area contributed by atoms with Gasteiger partial charge in [-0.2, -0.15) is 0 Å². The van der Waals surface area contributed by atoms with Gasteiger partial charge in [-0.1, -0.05) is 6.92 Å². The van der Waals surface area contributed by atoms with Gasteiger partial charge in [0.2, 0.25) is 5.91 Å². The van der Waals surface area contributed by atoms with Crippen LogP contribution in [0.5, 0.6) is 0 Å². The molecule has 0 atom stereocenters. The number of amides is 1. The van der Waals surface area contributed by atoms with Crippen LogP contribution in [-0.4, -0.2) is 37.7 Å². The molecule has 0 radical (unpaired) electrons. The molecule has 100 valence electrons. The highest BCUT2D eigenvalue weighted by Gasteiger charge is 2.21. The third kappa shape index (κ3) is 6.03. The van der Waals surface area contributed by atoms with Crippen molar-refractivity contribution in [2.75, 3.05) is 19.8 Å². The van der Waals surface area contributed by atoms with Crippen molar-refractivity contribution < 1.29 is 9.53 Å². The van der Waals surface area contributed by atoms with Crippen molar-refractivity contribution in [3.05, 3.63) is 0 Å². The van der Waals surface area contributed by atoms with Gasteiger partial charge in [0, 0.05) is 18.7 Å². The second-order valence-corrected chi connectivity index (χ2v) is 4.71. The normalized spacial score (nSPS) is 24.6. The fourth-order valence-corrected chi connectivity index (χ4v) is 2.25. The Morgan fingerprint density at radius 1 is 1.18 bits per heavy atom. The Labute approximate surface area is 104 Å². The van der Waals surface area contributed by atoms with Crippen LogP contribution in [0.3, 0.4) is 0 Å². The smallest absolute Gasteiger partial charge is 0.246 e. The van der Waals surface area contributed by atoms with Gasteiger partial charge in [0.1, 0.15) is 6.61 Å². The van der Waals surface area contributed by atoms with E-state index in [1.807, 2.05) is 6.92 Å². The molecule has 1 aliphatic rings. The summed E-state index contributed by atoms with van der Waals surface area (Å²) in [6, 6.07) is 0.998. The summed E-state index contributed by atoms with van der Waals surface area (Å²) in [5.74, 6) is 0.0248. The van der Waals surface area contributed by atoms with Crippen LogP contribution in [0.4, 0.5) is 0 Å². The Morgan fingerprint density at radius 2 is 1.82 bits per heavy atom. The topological polar surface area (TPSA) is 50.4 Å². The van der Waals surface area contributed by atoms with Crippen molar-refractivity contribution in [3.8, 4) is 0 Å². The first-order valence-corrected chi connectivity index (χ1v) is 6.86. The number of ether oxygens (including phenoxy) is 1. The molecule has 1 saturated carbocycles. The summed E-state index contributed by atoms with van der Waals surface area (Å²) in [5, 5.41) is 6.58. The van der Waals surface area contributed by atoms with Gasteiger partial charge in [-0.15, -0.1) is 0 Å². The lowest BCUT2D eigenvalue weighted by molar-refractivity contribution is -0.126. The molecule has 1 rings (SSSR count). The fraction of sp³-hybridized carbons (Fsp3) is 0.923. The van der Waals surface area contributed by atoms with Gasteiger partial charge >= 0.3 is 0 Å². The largest absolute Gasteiger partial charge is 0.372 e. The van der Waals surface area contributed by atoms with Crippen LogP contribution in [0.25, 0.3) is 0 Å². The highest BCUT2D eigenvalue weighted by molar-refractivity contribution is 5.77. The molecule has 0 saturated heterocycles. The molecule has 17 heavy (non-hydrogen) atoms. The first kappa shape index (κ1) is 14.5. The lowest BCUT2D eigenvalue weighted by atomic mass is 9.91. The van der Waals surface area contributed by atoms with Crippen LogP contribution in [0.1, 0.15) is 46.0 Å². The third-order valence-corrected chi connectivity index (χ3v) is 3.21. The van der Waals surface area contributed by atoms with E-state index in [0.717, 1.165) is 19.4 Å². The van der Waals surface area contributed by atoms with Crippen LogP contribution in [0, 0.1) is 0 Å². The van der Waals surface area contributed by atoms with Crippen LogP contribution < -0.4 is 10.6 Å². The predicted molar refractivity (Wildman–Crippen MR) is 69.0 cm³/mol. The molecule has 0 bridgehead atoms. The molecule has 0 spiro atoms. The zero-order valence-electron chi connectivity index (χ0n) is 11.1. The minimum Gasteiger partial charge on any atom is -0.372 e. The molecule has 1 amide bonds. The number of hydrogen-bond donors (Lipinski definition) is 2. The molecule has 2 N–H and O–H groups in total. The predicted octanol–water partition coefficient (Wildman–Crippen LogP) is 1.45. The van der Waals surface area contributed by atoms with Gasteiger partial charge in [0.15, 0.2) is 0 Å². The molecule has 0 heterocycles. The number of carbonyl (C=O) groups excluding carboxylic acids is 1. The maximum Gasteiger partial charge on any atom is 0.246 e. The molecule has 0 aromatic carbocycles. The summed E-state index contributed by atoms with van der Waals surface area (Å²) in [5.41, 5.74) is 0. The SMILES string of the molecule is CCCNC1CCC(NC(=O)COCC)CC1. The van der Waals surface area contributed by atoms with Gasteiger partial charge in [-0.3, -0.25) is 4.79 Å². The fourth-order valence-electron chi connectivity index (χ4n) is 2.25. The zero-order valence-corrected chi connectivity index (χ0v) is 11.1. The molecule has 0 aliphatic heterocycles. The third-order valence-electron chi connectivity index (χ3n) is 3.21. The van der Waals surface area contributed by atoms with E-state index in [-0.39, 0.29) is 12.5 Å². The first-order chi connectivity index (χ1) is 8.26. The Balaban J connectivity index is 2.12. The summed E-state index contributed by atoms with van der Waals surface area (Å²) in [6.45, 7) is 5.99. The van der Waals surface area contributed by atoms with E-state index in [9.17, 15) is 4.79 Å². The number of rotatable bonds is 7. The minimum atomic E-state index is 0.0248. The average molecular weight is 242 g/mol. The number of nitrogens with one attached hydrogen (secondary N) is 2. The van der Waals surface area contributed by atoms with Crippen molar-refractivity contribution in [1.29, 1.82) is 0 Å². The van der Waals surface area contributed by atoms with Gasteiger partial charge in [-0.25, -0.2) is 0 Å². The van der Waals surface area contributed by atoms with E-state index < -0.39 is 0 Å². The van der Waals surface area contributed by atoms with Gasteiger partial charge in [-0.05, 0) is 45.6 Å². The zero-order chi connectivity index (χ0) is 12.5. The summed E-state index contributed by atoms with van der Waals surface area (Å²) in [7, 11) is 0. The number of hydrogen-bond acceptors (Lipinski definition) is 3. The standard InChI is InChI=1S/C13H26N2O2/c1-3-9-14-11-5-7-12(8-6-11)15-13(16)10-17-4-2/h11-12,14H,3-10H2,1-2H3,(H,15,16). The quantitative estimate of drug-likeness (QED) is 0.710. The Morgan fingerprint density at radius 3 is 2.41 bits per heavy atom. The molecular formula is C13H26N2O2. The summed E-state index contributed by atoms with van der Waals surface area (Å²) >= 11 is 0. The second kappa shape index (κ2) is 8.48. The first-order valence-electron chi connectivity index (χ1n) is 6.86. The van der Waals surface area contributed by atoms with Crippen molar-refractivity contribution in [2.45, 2.75) is 58.0 Å². The van der Waals surface area contributed by atoms with Gasteiger partial charge in [0.25, 0.3) is 0 Å². The van der Waals surface area contributed by atoms with E-state index >= 15 is 0 Å². The molecular weight excluding hydrogens is 216 g/mol. The van der Waals surface area contributed by atoms with Crippen LogP contribution >= 0.6 is 0 Å². The highest BCUT2D eigenvalue weighted by Crippen LogP contribution is 2.18. The summed E-state index contributed by atoms with van der Waals surface area (Å²) < 4.78 is 5.09. The molecule has 0 unspecified atom stereocenters. The average Bonchev–Trinajstić information content (AvgIpc) is 2.35. The molecule has 1 fully saturated rings. The highest BCUT2D eigenvalue weighted by atomic mass is 16.5. The van der Waals surface area contributed by atoms with E-state index in [4.69, 9.17) is 4.74 Å².